The van der Waals surface area contributed by atoms with E-state index in [4.69, 9.17) is 15.2 Å². The highest BCUT2D eigenvalue weighted by atomic mass is 16.5. The summed E-state index contributed by atoms with van der Waals surface area (Å²) >= 11 is 0. The fourth-order valence-electron chi connectivity index (χ4n) is 4.43. The minimum Gasteiger partial charge on any atom is -0.497 e. The van der Waals surface area contributed by atoms with Crippen molar-refractivity contribution in [1.82, 2.24) is 9.78 Å². The number of amides is 2. The van der Waals surface area contributed by atoms with Gasteiger partial charge in [-0.25, -0.2) is 4.68 Å². The number of carbonyl (C=O) groups excluding carboxylic acids is 2. The number of benzene rings is 3. The van der Waals surface area contributed by atoms with E-state index < -0.39 is 5.91 Å². The number of primary amides is 1. The maximum atomic E-state index is 13.6. The van der Waals surface area contributed by atoms with E-state index in [9.17, 15) is 9.59 Å². The van der Waals surface area contributed by atoms with Gasteiger partial charge in [0.05, 0.1) is 24.2 Å². The van der Waals surface area contributed by atoms with Crippen molar-refractivity contribution in [3.05, 3.63) is 89.7 Å². The van der Waals surface area contributed by atoms with Gasteiger partial charge in [-0.3, -0.25) is 9.59 Å². The van der Waals surface area contributed by atoms with Gasteiger partial charge < -0.3 is 25.4 Å². The van der Waals surface area contributed by atoms with Crippen LogP contribution in [-0.4, -0.2) is 41.8 Å². The second kappa shape index (κ2) is 10.1. The van der Waals surface area contributed by atoms with Gasteiger partial charge in [0, 0.05) is 24.7 Å². The average Bonchev–Trinajstić information content (AvgIpc) is 3.31. The zero-order valence-electron chi connectivity index (χ0n) is 20.6. The normalized spacial score (nSPS) is 12.9. The molecule has 2 amide bonds. The van der Waals surface area contributed by atoms with Crippen LogP contribution in [0.25, 0.3) is 5.69 Å². The third-order valence-electron chi connectivity index (χ3n) is 6.17. The molecule has 3 aliphatic heterocycles. The van der Waals surface area contributed by atoms with Crippen molar-refractivity contribution >= 4 is 23.2 Å². The van der Waals surface area contributed by atoms with Gasteiger partial charge >= 0.3 is 0 Å². The Bertz CT molecular complexity index is 1440. The van der Waals surface area contributed by atoms with Crippen LogP contribution in [0, 0.1) is 0 Å². The molecule has 3 aliphatic rings. The second-order valence-corrected chi connectivity index (χ2v) is 8.48. The van der Waals surface area contributed by atoms with Crippen LogP contribution >= 0.6 is 0 Å². The molecule has 3 aromatic carbocycles. The molecular formula is C28H27N5O4. The number of aromatic nitrogens is 2. The summed E-state index contributed by atoms with van der Waals surface area (Å²) in [4.78, 5) is 27.3. The molecule has 37 heavy (non-hydrogen) atoms. The van der Waals surface area contributed by atoms with E-state index in [0.29, 0.717) is 35.7 Å². The standard InChI is InChI=1S/C22H23N5O3.C6H4O/c1-3-24-17-6-4-5-7-18(17)26-13-12-16-19(21(23)28)25-27(20(16)22(26)29)14-8-10-15(30-2)11-9-14;1-2-5-4-6(3-1)7-5/h4-11,24H,3,12-13H2,1-2H3,(H2,23,28);1-4H. The summed E-state index contributed by atoms with van der Waals surface area (Å²) in [6.07, 6.45) is 0.482. The Morgan fingerprint density at radius 1 is 1.08 bits per heavy atom. The maximum absolute atomic E-state index is 13.6. The quantitative estimate of drug-likeness (QED) is 0.360. The van der Waals surface area contributed by atoms with Gasteiger partial charge in [0.25, 0.3) is 11.8 Å². The number of fused-ring (bicyclic) bond motifs is 3. The molecule has 1 aromatic heterocycles. The predicted octanol–water partition coefficient (Wildman–Crippen LogP) is 4.41. The minimum absolute atomic E-state index is 0.133. The van der Waals surface area contributed by atoms with Crippen molar-refractivity contribution in [3.8, 4) is 22.9 Å². The summed E-state index contributed by atoms with van der Waals surface area (Å²) in [5.41, 5.74) is 8.95. The third kappa shape index (κ3) is 4.58. The van der Waals surface area contributed by atoms with E-state index in [2.05, 4.69) is 10.4 Å². The Balaban J connectivity index is 0.000000340. The molecular weight excluding hydrogens is 470 g/mol. The van der Waals surface area contributed by atoms with Crippen LogP contribution in [0.15, 0.2) is 72.8 Å². The molecule has 3 N–H and O–H groups in total. The molecule has 0 unspecified atom stereocenters. The molecule has 7 rings (SSSR count). The fourth-order valence-corrected chi connectivity index (χ4v) is 4.43. The molecule has 9 nitrogen and oxygen atoms in total. The molecule has 0 aliphatic carbocycles. The van der Waals surface area contributed by atoms with Gasteiger partial charge in [-0.05, 0) is 61.9 Å². The Morgan fingerprint density at radius 2 is 1.78 bits per heavy atom. The van der Waals surface area contributed by atoms with E-state index in [1.54, 1.807) is 36.3 Å². The first-order valence-electron chi connectivity index (χ1n) is 12.0. The van der Waals surface area contributed by atoms with Crippen LogP contribution in [0.5, 0.6) is 17.2 Å². The number of anilines is 2. The number of nitrogens with two attached hydrogens (primary N) is 1. The smallest absolute Gasteiger partial charge is 0.277 e. The SMILES string of the molecule is CCNc1ccccc1N1CCc2c(C(N)=O)nn(-c3ccc(OC)cc3)c2C1=O.c1cc2cc(c1)O2. The molecule has 0 spiro atoms. The van der Waals surface area contributed by atoms with Crippen molar-refractivity contribution in [2.24, 2.45) is 5.73 Å². The van der Waals surface area contributed by atoms with Crippen molar-refractivity contribution in [1.29, 1.82) is 0 Å². The van der Waals surface area contributed by atoms with Gasteiger partial charge in [-0.1, -0.05) is 18.2 Å². The van der Waals surface area contributed by atoms with Gasteiger partial charge in [0.2, 0.25) is 0 Å². The second-order valence-electron chi connectivity index (χ2n) is 8.48. The molecule has 188 valence electrons. The summed E-state index contributed by atoms with van der Waals surface area (Å²) in [6.45, 7) is 3.17. The van der Waals surface area contributed by atoms with Gasteiger partial charge in [-0.2, -0.15) is 5.10 Å². The fraction of sp³-hybridized carbons (Fsp3) is 0.179. The molecule has 4 heterocycles. The van der Waals surface area contributed by atoms with E-state index in [0.717, 1.165) is 29.4 Å². The Kier molecular flexibility index (Phi) is 6.51. The predicted molar refractivity (Wildman–Crippen MR) is 141 cm³/mol. The Morgan fingerprint density at radius 3 is 2.35 bits per heavy atom. The zero-order chi connectivity index (χ0) is 25.9. The van der Waals surface area contributed by atoms with Gasteiger partial charge in [-0.15, -0.1) is 0 Å². The minimum atomic E-state index is -0.646. The van der Waals surface area contributed by atoms with Crippen molar-refractivity contribution in [2.75, 3.05) is 30.4 Å². The highest BCUT2D eigenvalue weighted by molar-refractivity contribution is 6.10. The number of ether oxygens (including phenoxy) is 2. The van der Waals surface area contributed by atoms with E-state index in [1.807, 2.05) is 55.5 Å². The molecule has 0 saturated carbocycles. The van der Waals surface area contributed by atoms with Crippen molar-refractivity contribution in [2.45, 2.75) is 13.3 Å². The van der Waals surface area contributed by atoms with Gasteiger partial charge in [0.15, 0.2) is 5.69 Å². The summed E-state index contributed by atoms with van der Waals surface area (Å²) in [7, 11) is 1.58. The number of hydrogen-bond acceptors (Lipinski definition) is 6. The van der Waals surface area contributed by atoms with Crippen LogP contribution in [0.1, 0.15) is 33.5 Å². The van der Waals surface area contributed by atoms with Crippen molar-refractivity contribution in [3.63, 3.8) is 0 Å². The van der Waals surface area contributed by atoms with Crippen LogP contribution in [0.4, 0.5) is 11.4 Å². The monoisotopic (exact) mass is 497 g/mol. The zero-order valence-corrected chi connectivity index (χ0v) is 20.6. The summed E-state index contributed by atoms with van der Waals surface area (Å²) in [6, 6.07) is 22.7. The first-order chi connectivity index (χ1) is 18.0. The molecule has 0 radical (unpaired) electrons. The molecule has 9 heteroatoms. The van der Waals surface area contributed by atoms with Crippen LogP contribution < -0.4 is 25.4 Å². The lowest BCUT2D eigenvalue weighted by Crippen LogP contribution is -2.39. The van der Waals surface area contributed by atoms with Crippen LogP contribution in [0.3, 0.4) is 0 Å². The lowest BCUT2D eigenvalue weighted by atomic mass is 10.0. The summed E-state index contributed by atoms with van der Waals surface area (Å²) in [5, 5.41) is 7.69. The number of carbonyl (C=O) groups is 2. The largest absolute Gasteiger partial charge is 0.497 e. The maximum Gasteiger partial charge on any atom is 0.277 e. The number of para-hydroxylation sites is 2. The number of nitrogens with zero attached hydrogens (tertiary/aromatic N) is 3. The first kappa shape index (κ1) is 23.9. The number of rotatable bonds is 6. The van der Waals surface area contributed by atoms with Crippen molar-refractivity contribution < 1.29 is 19.1 Å². The molecule has 0 saturated heterocycles. The first-order valence-corrected chi connectivity index (χ1v) is 12.0. The van der Waals surface area contributed by atoms with E-state index in [-0.39, 0.29) is 11.6 Å². The summed E-state index contributed by atoms with van der Waals surface area (Å²) < 4.78 is 11.7. The lowest BCUT2D eigenvalue weighted by Gasteiger charge is -2.29. The highest BCUT2D eigenvalue weighted by Crippen LogP contribution is 2.34. The van der Waals surface area contributed by atoms with E-state index in [1.165, 1.54) is 4.68 Å². The van der Waals surface area contributed by atoms with Gasteiger partial charge in [0.1, 0.15) is 22.9 Å². The Labute approximate surface area is 214 Å². The number of hydrogen-bond donors (Lipinski definition) is 2. The van der Waals surface area contributed by atoms with Crippen LogP contribution in [-0.2, 0) is 6.42 Å². The molecule has 0 atom stereocenters. The topological polar surface area (TPSA) is 112 Å². The Hall–Kier alpha value is -4.79. The average molecular weight is 498 g/mol. The molecule has 0 fully saturated rings. The molecule has 4 aromatic rings. The third-order valence-corrected chi connectivity index (χ3v) is 6.17. The highest BCUT2D eigenvalue weighted by Gasteiger charge is 2.35. The lowest BCUT2D eigenvalue weighted by molar-refractivity contribution is 0.0972. The van der Waals surface area contributed by atoms with E-state index >= 15 is 0 Å². The number of methoxy groups -OCH3 is 1. The number of nitrogens with one attached hydrogen (secondary N) is 1. The van der Waals surface area contributed by atoms with Crippen LogP contribution in [0.2, 0.25) is 0 Å². The molecule has 2 bridgehead atoms. The summed E-state index contributed by atoms with van der Waals surface area (Å²) in [5.74, 6) is 1.78.